The number of hydrogen-bond donors (Lipinski definition) is 2. The van der Waals surface area contributed by atoms with E-state index in [1.807, 2.05) is 5.48 Å². The van der Waals surface area contributed by atoms with Crippen LogP contribution in [0.15, 0.2) is 24.3 Å². The molecule has 1 atom stereocenters. The Labute approximate surface area is 149 Å². The molecule has 0 fully saturated rings. The van der Waals surface area contributed by atoms with Gasteiger partial charge in [-0.25, -0.2) is 0 Å². The van der Waals surface area contributed by atoms with Crippen LogP contribution in [-0.2, 0) is 9.16 Å². The van der Waals surface area contributed by atoms with Gasteiger partial charge in [0.25, 0.3) is 0 Å². The molecule has 0 bridgehead atoms. The molecule has 0 aromatic rings. The van der Waals surface area contributed by atoms with Gasteiger partial charge in [0.15, 0.2) is 8.32 Å². The second-order valence-corrected chi connectivity index (χ2v) is 12.4. The molecule has 0 aromatic heterocycles. The van der Waals surface area contributed by atoms with Gasteiger partial charge in [0.1, 0.15) is 13.5 Å². The Hall–Kier alpha value is -0.503. The fraction of sp³-hybridized carbons (Fsp3) is 0.778. The Bertz CT molecular complexity index is 392. The molecule has 2 N–H and O–H groups in total. The molecule has 0 spiro atoms. The molecule has 1 unspecified atom stereocenters. The van der Waals surface area contributed by atoms with E-state index in [1.165, 1.54) is 0 Å². The Kier molecular flexibility index (Phi) is 10.9. The van der Waals surface area contributed by atoms with E-state index in [2.05, 4.69) is 71.3 Å². The lowest BCUT2D eigenvalue weighted by Gasteiger charge is -2.37. The minimum absolute atomic E-state index is 0.101. The second kappa shape index (κ2) is 11.2. The van der Waals surface area contributed by atoms with Crippen molar-refractivity contribution in [1.82, 2.24) is 10.4 Å². The van der Waals surface area contributed by atoms with Gasteiger partial charge in [-0.2, -0.15) is 5.48 Å². The van der Waals surface area contributed by atoms with Crippen LogP contribution < -0.4 is 5.48 Å². The number of ether oxygens (including phenoxy) is 1. The Morgan fingerprint density at radius 2 is 2.00 bits per heavy atom. The predicted molar refractivity (Wildman–Crippen MR) is 104 cm³/mol. The molecule has 0 aliphatic carbocycles. The third kappa shape index (κ3) is 8.55. The zero-order valence-electron chi connectivity index (χ0n) is 16.7. The third-order valence-electron chi connectivity index (χ3n) is 4.72. The first kappa shape index (κ1) is 23.5. The largest absolute Gasteiger partial charge is 0.416 e. The van der Waals surface area contributed by atoms with E-state index in [4.69, 9.17) is 14.4 Å². The summed E-state index contributed by atoms with van der Waals surface area (Å²) in [4.78, 5) is 2.17. The molecule has 6 heteroatoms. The van der Waals surface area contributed by atoms with Gasteiger partial charge in [0.2, 0.25) is 0 Å². The first-order chi connectivity index (χ1) is 11.1. The Balaban J connectivity index is 4.72. The number of nitrogens with one attached hydrogen (secondary N) is 1. The van der Waals surface area contributed by atoms with Crippen LogP contribution in [0.2, 0.25) is 18.1 Å². The Morgan fingerprint density at radius 3 is 2.50 bits per heavy atom. The van der Waals surface area contributed by atoms with E-state index < -0.39 is 8.32 Å². The number of rotatable bonds is 12. The van der Waals surface area contributed by atoms with Crippen molar-refractivity contribution in [3.63, 3.8) is 0 Å². The standard InChI is InChI=1S/C18H38N2O3Si/c1-9-10-11-16(2)17(3)20(15-22-14-19-21)12-13-23-24(7,8)18(4,5)6/h10-11,17,19,21H,2,9,12-15H2,1,3-8H3/b11-10-. The molecule has 0 saturated heterocycles. The SMILES string of the molecule is C=C(/C=C\CC)C(C)N(CCO[Si](C)(C)C(C)(C)C)COCNO. The van der Waals surface area contributed by atoms with Gasteiger partial charge >= 0.3 is 0 Å². The van der Waals surface area contributed by atoms with Crippen LogP contribution >= 0.6 is 0 Å². The maximum absolute atomic E-state index is 8.67. The molecule has 0 heterocycles. The van der Waals surface area contributed by atoms with Crippen LogP contribution in [0, 0.1) is 0 Å². The summed E-state index contributed by atoms with van der Waals surface area (Å²) in [5.41, 5.74) is 3.06. The monoisotopic (exact) mass is 358 g/mol. The van der Waals surface area contributed by atoms with Gasteiger partial charge in [-0.05, 0) is 37.0 Å². The van der Waals surface area contributed by atoms with E-state index >= 15 is 0 Å². The minimum Gasteiger partial charge on any atom is -0.416 e. The highest BCUT2D eigenvalue weighted by Gasteiger charge is 2.37. The van der Waals surface area contributed by atoms with Crippen LogP contribution in [-0.4, -0.2) is 51.1 Å². The molecular formula is C18H38N2O3Si. The maximum atomic E-state index is 8.67. The number of hydroxylamine groups is 1. The third-order valence-corrected chi connectivity index (χ3v) is 9.26. The van der Waals surface area contributed by atoms with Crippen molar-refractivity contribution in [2.75, 3.05) is 26.6 Å². The van der Waals surface area contributed by atoms with Crippen molar-refractivity contribution in [3.8, 4) is 0 Å². The van der Waals surface area contributed by atoms with Gasteiger partial charge in [-0.1, -0.05) is 46.4 Å². The minimum atomic E-state index is -1.75. The van der Waals surface area contributed by atoms with E-state index in [-0.39, 0.29) is 17.8 Å². The zero-order valence-corrected chi connectivity index (χ0v) is 17.7. The first-order valence-corrected chi connectivity index (χ1v) is 11.7. The summed E-state index contributed by atoms with van der Waals surface area (Å²) in [6, 6.07) is 0.148. The van der Waals surface area contributed by atoms with Gasteiger partial charge in [0.05, 0.1) is 0 Å². The summed E-state index contributed by atoms with van der Waals surface area (Å²) in [5, 5.41) is 8.88. The fourth-order valence-electron chi connectivity index (χ4n) is 1.86. The van der Waals surface area contributed by atoms with Gasteiger partial charge in [-0.15, -0.1) is 0 Å². The van der Waals surface area contributed by atoms with Crippen LogP contribution in [0.1, 0.15) is 41.0 Å². The van der Waals surface area contributed by atoms with E-state index in [0.29, 0.717) is 13.3 Å². The summed E-state index contributed by atoms with van der Waals surface area (Å²) in [7, 11) is -1.75. The lowest BCUT2D eigenvalue weighted by molar-refractivity contribution is -0.0378. The highest BCUT2D eigenvalue weighted by atomic mass is 28.4. The summed E-state index contributed by atoms with van der Waals surface area (Å²) in [6.07, 6.45) is 5.17. The molecule has 24 heavy (non-hydrogen) atoms. The highest BCUT2D eigenvalue weighted by molar-refractivity contribution is 6.74. The molecule has 0 rings (SSSR count). The smallest absolute Gasteiger partial charge is 0.192 e. The molecule has 0 aromatic carbocycles. The van der Waals surface area contributed by atoms with Gasteiger partial charge < -0.3 is 14.4 Å². The van der Waals surface area contributed by atoms with Gasteiger partial charge in [-0.3, -0.25) is 4.90 Å². The van der Waals surface area contributed by atoms with Crippen LogP contribution in [0.5, 0.6) is 0 Å². The van der Waals surface area contributed by atoms with Crippen LogP contribution in [0.3, 0.4) is 0 Å². The molecule has 0 radical (unpaired) electrons. The molecular weight excluding hydrogens is 320 g/mol. The van der Waals surface area contributed by atoms with E-state index in [1.54, 1.807) is 0 Å². The fourth-order valence-corrected chi connectivity index (χ4v) is 2.89. The average molecular weight is 359 g/mol. The molecule has 0 aliphatic rings. The lowest BCUT2D eigenvalue weighted by Crippen LogP contribution is -2.44. The van der Waals surface area contributed by atoms with Crippen molar-refractivity contribution in [3.05, 3.63) is 24.3 Å². The average Bonchev–Trinajstić information content (AvgIpc) is 2.49. The number of hydrogen-bond acceptors (Lipinski definition) is 5. The summed E-state index contributed by atoms with van der Waals surface area (Å²) < 4.78 is 11.7. The molecule has 5 nitrogen and oxygen atoms in total. The van der Waals surface area contributed by atoms with Gasteiger partial charge in [0, 0.05) is 19.2 Å². The van der Waals surface area contributed by atoms with E-state index in [0.717, 1.165) is 18.5 Å². The predicted octanol–water partition coefficient (Wildman–Crippen LogP) is 4.13. The normalized spacial score (nSPS) is 14.5. The van der Waals surface area contributed by atoms with Crippen LogP contribution in [0.4, 0.5) is 0 Å². The summed E-state index contributed by atoms with van der Waals surface area (Å²) in [5.74, 6) is 0. The topological polar surface area (TPSA) is 54.0 Å². The lowest BCUT2D eigenvalue weighted by atomic mass is 10.1. The molecule has 0 saturated carbocycles. The summed E-state index contributed by atoms with van der Waals surface area (Å²) in [6.45, 7) is 21.6. The zero-order chi connectivity index (χ0) is 18.8. The van der Waals surface area contributed by atoms with E-state index in [9.17, 15) is 0 Å². The number of allylic oxidation sites excluding steroid dienone is 1. The van der Waals surface area contributed by atoms with Crippen molar-refractivity contribution in [2.45, 2.75) is 65.2 Å². The molecule has 142 valence electrons. The highest BCUT2D eigenvalue weighted by Crippen LogP contribution is 2.36. The first-order valence-electron chi connectivity index (χ1n) is 8.74. The molecule has 0 aliphatic heterocycles. The van der Waals surface area contributed by atoms with Crippen molar-refractivity contribution < 1.29 is 14.4 Å². The van der Waals surface area contributed by atoms with Crippen LogP contribution in [0.25, 0.3) is 0 Å². The number of nitrogens with zero attached hydrogens (tertiary/aromatic N) is 1. The quantitative estimate of drug-likeness (QED) is 0.181. The summed E-state index contributed by atoms with van der Waals surface area (Å²) >= 11 is 0. The second-order valence-electron chi connectivity index (χ2n) is 7.62. The Morgan fingerprint density at radius 1 is 1.38 bits per heavy atom. The van der Waals surface area contributed by atoms with Crippen molar-refractivity contribution in [2.24, 2.45) is 0 Å². The molecule has 0 amide bonds. The van der Waals surface area contributed by atoms with Crippen molar-refractivity contribution >= 4 is 8.32 Å². The van der Waals surface area contributed by atoms with Crippen molar-refractivity contribution in [1.29, 1.82) is 0 Å². The maximum Gasteiger partial charge on any atom is 0.192 e.